The van der Waals surface area contributed by atoms with Gasteiger partial charge in [0.05, 0.1) is 11.0 Å². The van der Waals surface area contributed by atoms with Crippen LogP contribution in [0.2, 0.25) is 0 Å². The van der Waals surface area contributed by atoms with E-state index in [9.17, 15) is 0 Å². The molecule has 0 bridgehead atoms. The second-order valence-corrected chi connectivity index (χ2v) is 14.8. The van der Waals surface area contributed by atoms with Crippen molar-refractivity contribution >= 4 is 43.9 Å². The van der Waals surface area contributed by atoms with Gasteiger partial charge in [-0.2, -0.15) is 24.3 Å². The molecule has 0 atom stereocenters. The summed E-state index contributed by atoms with van der Waals surface area (Å²) in [7, 11) is 0. The summed E-state index contributed by atoms with van der Waals surface area (Å²) < 4.78 is 4.60. The second kappa shape index (κ2) is 11.6. The van der Waals surface area contributed by atoms with Crippen LogP contribution < -0.4 is 0 Å². The number of hydrogen-bond donors (Lipinski definition) is 0. The molecule has 4 heteroatoms. The Hall–Kier alpha value is -4.46. The van der Waals surface area contributed by atoms with Crippen LogP contribution in [0.1, 0.15) is 58.2 Å². The van der Waals surface area contributed by atoms with Gasteiger partial charge in [-0.3, -0.25) is 0 Å². The van der Waals surface area contributed by atoms with Crippen LogP contribution in [0.25, 0.3) is 66.4 Å². The van der Waals surface area contributed by atoms with Gasteiger partial charge in [0.25, 0.3) is 0 Å². The number of para-hydroxylation sites is 3. The normalized spacial score (nSPS) is 12.3. The maximum atomic E-state index is 5.63. The average molecular weight is 805 g/mol. The number of aryl methyl sites for hydroxylation is 1. The van der Waals surface area contributed by atoms with Crippen LogP contribution in [-0.4, -0.2) is 14.1 Å². The number of aromatic nitrogens is 3. The molecule has 0 aliphatic carbocycles. The Balaban J connectivity index is 0.00000364. The molecule has 0 spiro atoms. The van der Waals surface area contributed by atoms with Crippen molar-refractivity contribution in [1.82, 2.24) is 14.1 Å². The molecule has 0 saturated carbocycles. The first-order chi connectivity index (χ1) is 22.5. The van der Waals surface area contributed by atoms with E-state index >= 15 is 0 Å². The third kappa shape index (κ3) is 5.03. The van der Waals surface area contributed by atoms with Crippen molar-refractivity contribution in [2.24, 2.45) is 0 Å². The predicted molar refractivity (Wildman–Crippen MR) is 198 cm³/mol. The van der Waals surface area contributed by atoms with Crippen molar-refractivity contribution in [3.8, 4) is 22.5 Å². The van der Waals surface area contributed by atoms with Gasteiger partial charge in [0.15, 0.2) is 0 Å². The molecule has 3 heterocycles. The first-order valence-corrected chi connectivity index (χ1v) is 16.5. The van der Waals surface area contributed by atoms with Gasteiger partial charge in [-0.15, -0.1) is 35.9 Å². The molecule has 3 aromatic heterocycles. The van der Waals surface area contributed by atoms with Crippen LogP contribution in [0.15, 0.2) is 109 Å². The standard InChI is InChI=1S/C44H39N3.Pt/c1-28-24-25-30(43(2,3)4)27-35(28)29-16-15-19-32(26-29)47-37-23-14-12-21-34(37)39-40(44(5,6)7)38-33-20-11-13-22-36(33)46(41(38)45-42(39)47)31-17-9-8-10-18-31;/h8-17,19-25,27H,1-7H3;/q-2;+2. The second-order valence-electron chi connectivity index (χ2n) is 14.8. The van der Waals surface area contributed by atoms with Gasteiger partial charge in [0.2, 0.25) is 0 Å². The zero-order valence-electron chi connectivity index (χ0n) is 28.6. The maximum absolute atomic E-state index is 5.63. The van der Waals surface area contributed by atoms with Crippen molar-refractivity contribution < 1.29 is 21.1 Å². The van der Waals surface area contributed by atoms with E-state index in [0.29, 0.717) is 0 Å². The summed E-state index contributed by atoms with van der Waals surface area (Å²) in [6.07, 6.45) is 0. The maximum Gasteiger partial charge on any atom is 2.00 e. The van der Waals surface area contributed by atoms with Gasteiger partial charge in [-0.05, 0) is 41.1 Å². The van der Waals surface area contributed by atoms with Gasteiger partial charge in [-0.1, -0.05) is 119 Å². The van der Waals surface area contributed by atoms with E-state index in [1.165, 1.54) is 43.8 Å². The molecule has 8 rings (SSSR count). The topological polar surface area (TPSA) is 22.8 Å². The molecule has 0 amide bonds. The summed E-state index contributed by atoms with van der Waals surface area (Å²) in [5, 5.41) is 4.81. The van der Waals surface area contributed by atoms with Crippen LogP contribution in [0.4, 0.5) is 0 Å². The Morgan fingerprint density at radius 1 is 0.604 bits per heavy atom. The van der Waals surface area contributed by atoms with Crippen LogP contribution in [0, 0.1) is 19.1 Å². The van der Waals surface area contributed by atoms with E-state index in [4.69, 9.17) is 4.98 Å². The molecule has 3 nitrogen and oxygen atoms in total. The third-order valence-electron chi connectivity index (χ3n) is 9.51. The summed E-state index contributed by atoms with van der Waals surface area (Å²) in [5.74, 6) is 0. The van der Waals surface area contributed by atoms with Gasteiger partial charge in [-0.25, -0.2) is 4.98 Å². The zero-order chi connectivity index (χ0) is 32.7. The minimum atomic E-state index is -0.167. The zero-order valence-corrected chi connectivity index (χ0v) is 30.8. The van der Waals surface area contributed by atoms with E-state index in [0.717, 1.165) is 39.3 Å². The molecule has 0 saturated heterocycles. The number of benzene rings is 5. The molecule has 240 valence electrons. The average Bonchev–Trinajstić information content (AvgIpc) is 3.56. The molecular formula is C44H39N3Pt. The Morgan fingerprint density at radius 2 is 1.19 bits per heavy atom. The summed E-state index contributed by atoms with van der Waals surface area (Å²) in [6, 6.07) is 46.3. The Kier molecular flexibility index (Phi) is 7.76. The Labute approximate surface area is 297 Å². The number of nitrogens with zero attached hydrogens (tertiary/aromatic N) is 3. The fourth-order valence-corrected chi connectivity index (χ4v) is 7.27. The first-order valence-electron chi connectivity index (χ1n) is 16.5. The van der Waals surface area contributed by atoms with Crippen molar-refractivity contribution in [2.75, 3.05) is 0 Å². The van der Waals surface area contributed by atoms with Crippen molar-refractivity contribution in [3.63, 3.8) is 0 Å². The number of rotatable bonds is 3. The van der Waals surface area contributed by atoms with E-state index in [2.05, 4.69) is 167 Å². The number of fused-ring (bicyclic) bond motifs is 6. The Morgan fingerprint density at radius 3 is 1.77 bits per heavy atom. The molecule has 0 aliphatic heterocycles. The van der Waals surface area contributed by atoms with E-state index in [1.54, 1.807) is 0 Å². The van der Waals surface area contributed by atoms with Crippen molar-refractivity contribution in [3.05, 3.63) is 138 Å². The summed E-state index contributed by atoms with van der Waals surface area (Å²) >= 11 is 0. The smallest absolute Gasteiger partial charge is 0.318 e. The molecule has 8 aromatic rings. The van der Waals surface area contributed by atoms with Crippen LogP contribution in [-0.2, 0) is 31.9 Å². The van der Waals surface area contributed by atoms with E-state index < -0.39 is 0 Å². The first kappa shape index (κ1) is 32.1. The predicted octanol–water partition coefficient (Wildman–Crippen LogP) is 11.4. The van der Waals surface area contributed by atoms with Gasteiger partial charge < -0.3 is 9.13 Å². The number of pyridine rings is 1. The number of hydrogen-bond acceptors (Lipinski definition) is 1. The SMILES string of the molecule is Cc1ccc(C(C)(C)C)cc1-c1[c-]c(-n2c3ccccc3c3c(C(C)(C)C)c4c5ccccc5n(-c5[c-]cccc5)c4nc32)ccc1.[Pt+2]. The summed E-state index contributed by atoms with van der Waals surface area (Å²) in [5.41, 5.74) is 12.2. The van der Waals surface area contributed by atoms with Gasteiger partial charge in [0, 0.05) is 21.5 Å². The van der Waals surface area contributed by atoms with Gasteiger partial charge in [0.1, 0.15) is 11.3 Å². The quantitative estimate of drug-likeness (QED) is 0.163. The fraction of sp³-hybridized carbons (Fsp3) is 0.205. The van der Waals surface area contributed by atoms with Crippen molar-refractivity contribution in [1.29, 1.82) is 0 Å². The minimum absolute atomic E-state index is 0. The monoisotopic (exact) mass is 804 g/mol. The molecule has 0 aliphatic rings. The third-order valence-corrected chi connectivity index (χ3v) is 9.51. The summed E-state index contributed by atoms with van der Waals surface area (Å²) in [6.45, 7) is 16.0. The molecule has 0 N–H and O–H groups in total. The molecule has 0 fully saturated rings. The molecular weight excluding hydrogens is 766 g/mol. The Bertz CT molecular complexity index is 2480. The van der Waals surface area contributed by atoms with Crippen LogP contribution in [0.5, 0.6) is 0 Å². The van der Waals surface area contributed by atoms with Gasteiger partial charge >= 0.3 is 21.1 Å². The molecule has 5 aromatic carbocycles. The van der Waals surface area contributed by atoms with E-state index in [1.807, 2.05) is 12.1 Å². The van der Waals surface area contributed by atoms with E-state index in [-0.39, 0.29) is 31.9 Å². The fourth-order valence-electron chi connectivity index (χ4n) is 7.27. The largest absolute Gasteiger partial charge is 2.00 e. The minimum Gasteiger partial charge on any atom is -0.318 e. The summed E-state index contributed by atoms with van der Waals surface area (Å²) in [4.78, 5) is 5.63. The van der Waals surface area contributed by atoms with Crippen LogP contribution in [0.3, 0.4) is 0 Å². The van der Waals surface area contributed by atoms with Crippen molar-refractivity contribution in [2.45, 2.75) is 59.3 Å². The van der Waals surface area contributed by atoms with Crippen LogP contribution >= 0.6 is 0 Å². The molecule has 48 heavy (non-hydrogen) atoms. The molecule has 0 radical (unpaired) electrons. The molecule has 0 unspecified atom stereocenters.